The molecule has 2 saturated heterocycles. The van der Waals surface area contributed by atoms with Crippen molar-refractivity contribution in [3.8, 4) is 11.5 Å². The molecule has 2 bridgehead atoms. The lowest BCUT2D eigenvalue weighted by Gasteiger charge is -2.23. The summed E-state index contributed by atoms with van der Waals surface area (Å²) in [5.41, 5.74) is 2.48. The third-order valence-corrected chi connectivity index (χ3v) is 7.71. The maximum absolute atomic E-state index is 13.5. The van der Waals surface area contributed by atoms with E-state index in [9.17, 15) is 9.59 Å². The van der Waals surface area contributed by atoms with E-state index in [0.717, 1.165) is 17.5 Å². The van der Waals surface area contributed by atoms with Crippen LogP contribution in [0.4, 0.5) is 0 Å². The Labute approximate surface area is 201 Å². The van der Waals surface area contributed by atoms with E-state index in [2.05, 4.69) is 16.4 Å². The van der Waals surface area contributed by atoms with Gasteiger partial charge in [-0.15, -0.1) is 0 Å². The van der Waals surface area contributed by atoms with Crippen molar-refractivity contribution in [3.05, 3.63) is 71.9 Å². The number of ether oxygens (including phenoxy) is 3. The van der Waals surface area contributed by atoms with Crippen LogP contribution in [0.5, 0.6) is 11.5 Å². The van der Waals surface area contributed by atoms with Gasteiger partial charge in [-0.25, -0.2) is 0 Å². The fraction of sp³-hybridized carbons (Fsp3) is 0.333. The number of benzene rings is 2. The highest BCUT2D eigenvalue weighted by Gasteiger charge is 2.66. The Morgan fingerprint density at radius 2 is 2.06 bits per heavy atom. The highest BCUT2D eigenvalue weighted by molar-refractivity contribution is 5.93. The molecule has 5 heterocycles. The van der Waals surface area contributed by atoms with Gasteiger partial charge in [0, 0.05) is 30.2 Å². The van der Waals surface area contributed by atoms with Gasteiger partial charge >= 0.3 is 0 Å². The monoisotopic (exact) mass is 471 g/mol. The molecule has 2 fully saturated rings. The number of aromatic nitrogens is 1. The van der Waals surface area contributed by atoms with E-state index in [-0.39, 0.29) is 24.7 Å². The second-order valence-corrected chi connectivity index (χ2v) is 9.67. The quantitative estimate of drug-likeness (QED) is 0.539. The molecular weight excluding hydrogens is 446 g/mol. The average molecular weight is 472 g/mol. The van der Waals surface area contributed by atoms with Gasteiger partial charge in [0.25, 0.3) is 0 Å². The standard InChI is InChI=1S/C27H25N3O5/c31-25(29-12-16-5-6-20-22(11-16)34-15-33-20)23-21-7-9-27(35-21)14-30(26(32)24(23)27)10-8-17-13-28-19-4-2-1-3-18(17)19/h1-7,9,11,13,21,23-24,28H,8,10,12,14-15H2,(H,29,31)/t21-,23-,24+,27-/m0/s1. The van der Waals surface area contributed by atoms with Crippen molar-refractivity contribution in [3.63, 3.8) is 0 Å². The van der Waals surface area contributed by atoms with Crippen LogP contribution in [0.2, 0.25) is 0 Å². The summed E-state index contributed by atoms with van der Waals surface area (Å²) in [7, 11) is 0. The molecule has 178 valence electrons. The van der Waals surface area contributed by atoms with Crippen LogP contribution in [-0.4, -0.2) is 53.3 Å². The molecule has 8 heteroatoms. The lowest BCUT2D eigenvalue weighted by Crippen LogP contribution is -2.44. The number of aromatic amines is 1. The van der Waals surface area contributed by atoms with Gasteiger partial charge in [-0.05, 0) is 35.7 Å². The first-order valence-corrected chi connectivity index (χ1v) is 12.0. The van der Waals surface area contributed by atoms with E-state index in [1.807, 2.05) is 59.6 Å². The summed E-state index contributed by atoms with van der Waals surface area (Å²) < 4.78 is 17.0. The summed E-state index contributed by atoms with van der Waals surface area (Å²) in [5.74, 6) is 0.212. The topological polar surface area (TPSA) is 92.9 Å². The van der Waals surface area contributed by atoms with Gasteiger partial charge in [0.15, 0.2) is 11.5 Å². The van der Waals surface area contributed by atoms with Crippen molar-refractivity contribution in [1.82, 2.24) is 15.2 Å². The van der Waals surface area contributed by atoms with E-state index in [0.29, 0.717) is 31.1 Å². The zero-order valence-electron chi connectivity index (χ0n) is 19.0. The third kappa shape index (κ3) is 3.16. The maximum Gasteiger partial charge on any atom is 0.231 e. The van der Waals surface area contributed by atoms with Crippen molar-refractivity contribution < 1.29 is 23.8 Å². The van der Waals surface area contributed by atoms with Crippen LogP contribution >= 0.6 is 0 Å². The Morgan fingerprint density at radius 3 is 3.00 bits per heavy atom. The number of fused-ring (bicyclic) bond motifs is 3. The summed E-state index contributed by atoms with van der Waals surface area (Å²) in [6.45, 7) is 1.63. The first kappa shape index (κ1) is 20.6. The minimum atomic E-state index is -0.706. The summed E-state index contributed by atoms with van der Waals surface area (Å²) in [6, 6.07) is 13.8. The molecule has 4 aliphatic rings. The number of H-pyrrole nitrogens is 1. The highest BCUT2D eigenvalue weighted by Crippen LogP contribution is 2.52. The Hall–Kier alpha value is -3.78. The number of para-hydroxylation sites is 1. The zero-order chi connectivity index (χ0) is 23.6. The van der Waals surface area contributed by atoms with Crippen molar-refractivity contribution in [2.75, 3.05) is 19.9 Å². The normalized spacial score (nSPS) is 27.7. The second kappa shape index (κ2) is 7.61. The number of carbonyl (C=O) groups excluding carboxylic acids is 2. The molecule has 2 N–H and O–H groups in total. The molecule has 0 aliphatic carbocycles. The Kier molecular flexibility index (Phi) is 4.48. The predicted octanol–water partition coefficient (Wildman–Crippen LogP) is 2.54. The fourth-order valence-corrected chi connectivity index (χ4v) is 6.02. The first-order chi connectivity index (χ1) is 17.1. The number of hydrogen-bond acceptors (Lipinski definition) is 5. The van der Waals surface area contributed by atoms with Gasteiger partial charge in [-0.2, -0.15) is 0 Å². The number of likely N-dealkylation sites (tertiary alicyclic amines) is 1. The van der Waals surface area contributed by atoms with Crippen molar-refractivity contribution in [1.29, 1.82) is 0 Å². The SMILES string of the molecule is O=C(NCc1ccc2c(c1)OCO2)[C@H]1[C@@H]2C=C[C@@]3(CN(CCc4c[nH]c5ccccc45)C(=O)[C@@H]13)O2. The lowest BCUT2D eigenvalue weighted by atomic mass is 9.77. The largest absolute Gasteiger partial charge is 0.454 e. The van der Waals surface area contributed by atoms with Crippen LogP contribution in [0.25, 0.3) is 10.9 Å². The predicted molar refractivity (Wildman–Crippen MR) is 127 cm³/mol. The molecule has 1 spiro atoms. The highest BCUT2D eigenvalue weighted by atomic mass is 16.7. The second-order valence-electron chi connectivity index (χ2n) is 9.67. The van der Waals surface area contributed by atoms with E-state index in [1.165, 1.54) is 10.9 Å². The van der Waals surface area contributed by atoms with E-state index in [1.54, 1.807) is 0 Å². The van der Waals surface area contributed by atoms with Crippen LogP contribution < -0.4 is 14.8 Å². The van der Waals surface area contributed by atoms with Crippen LogP contribution in [0.1, 0.15) is 11.1 Å². The number of nitrogens with zero attached hydrogens (tertiary/aromatic N) is 1. The summed E-state index contributed by atoms with van der Waals surface area (Å²) in [6.07, 6.45) is 6.33. The van der Waals surface area contributed by atoms with Gasteiger partial charge in [0.2, 0.25) is 18.6 Å². The Balaban J connectivity index is 1.05. The molecule has 35 heavy (non-hydrogen) atoms. The fourth-order valence-electron chi connectivity index (χ4n) is 6.02. The third-order valence-electron chi connectivity index (χ3n) is 7.71. The zero-order valence-corrected chi connectivity index (χ0v) is 19.0. The van der Waals surface area contributed by atoms with E-state index in [4.69, 9.17) is 14.2 Å². The molecular formula is C27H25N3O5. The summed E-state index contributed by atoms with van der Waals surface area (Å²) in [4.78, 5) is 31.9. The van der Waals surface area contributed by atoms with Gasteiger partial charge in [-0.1, -0.05) is 36.4 Å². The number of nitrogens with one attached hydrogen (secondary N) is 2. The molecule has 2 aromatic carbocycles. The van der Waals surface area contributed by atoms with Gasteiger partial charge in [-0.3, -0.25) is 9.59 Å². The van der Waals surface area contributed by atoms with Crippen molar-refractivity contribution in [2.45, 2.75) is 24.7 Å². The average Bonchev–Trinajstić information content (AvgIpc) is 3.68. The maximum atomic E-state index is 13.5. The molecule has 4 aliphatic heterocycles. The number of amides is 2. The van der Waals surface area contributed by atoms with Crippen molar-refractivity contribution >= 4 is 22.7 Å². The van der Waals surface area contributed by atoms with E-state index < -0.39 is 17.4 Å². The Bertz CT molecular complexity index is 1380. The summed E-state index contributed by atoms with van der Waals surface area (Å²) >= 11 is 0. The van der Waals surface area contributed by atoms with Gasteiger partial charge in [0.1, 0.15) is 5.60 Å². The number of rotatable bonds is 6. The minimum Gasteiger partial charge on any atom is -0.454 e. The van der Waals surface area contributed by atoms with Crippen LogP contribution in [0.3, 0.4) is 0 Å². The van der Waals surface area contributed by atoms with Crippen LogP contribution in [-0.2, 0) is 27.3 Å². The molecule has 0 unspecified atom stereocenters. The first-order valence-electron chi connectivity index (χ1n) is 12.0. The Morgan fingerprint density at radius 1 is 1.17 bits per heavy atom. The minimum absolute atomic E-state index is 0.0000733. The molecule has 1 aromatic heterocycles. The molecule has 2 amide bonds. The van der Waals surface area contributed by atoms with Gasteiger partial charge < -0.3 is 29.4 Å². The van der Waals surface area contributed by atoms with Crippen LogP contribution in [0.15, 0.2) is 60.8 Å². The van der Waals surface area contributed by atoms with E-state index >= 15 is 0 Å². The van der Waals surface area contributed by atoms with Crippen molar-refractivity contribution in [2.24, 2.45) is 11.8 Å². The summed E-state index contributed by atoms with van der Waals surface area (Å²) in [5, 5.41) is 4.19. The lowest BCUT2D eigenvalue weighted by molar-refractivity contribution is -0.137. The molecule has 8 nitrogen and oxygen atoms in total. The molecule has 4 atom stereocenters. The van der Waals surface area contributed by atoms with Crippen LogP contribution in [0, 0.1) is 11.8 Å². The van der Waals surface area contributed by atoms with Gasteiger partial charge in [0.05, 0.1) is 24.5 Å². The molecule has 3 aromatic rings. The molecule has 7 rings (SSSR count). The smallest absolute Gasteiger partial charge is 0.231 e. The number of hydrogen-bond donors (Lipinski definition) is 2. The molecule has 0 saturated carbocycles. The molecule has 0 radical (unpaired) electrons. The number of carbonyl (C=O) groups is 2.